The van der Waals surface area contributed by atoms with Gasteiger partial charge in [-0.2, -0.15) is 0 Å². The third kappa shape index (κ3) is 8.34. The van der Waals surface area contributed by atoms with Crippen molar-refractivity contribution < 1.29 is 9.90 Å². The molecule has 262 valence electrons. The molecule has 0 spiro atoms. The molecule has 0 aliphatic carbocycles. The molecule has 1 heterocycles. The fourth-order valence-corrected chi connectivity index (χ4v) is 7.29. The number of nitrogens with zero attached hydrogens (tertiary/aromatic N) is 2. The van der Waals surface area contributed by atoms with E-state index in [4.69, 9.17) is 4.99 Å². The van der Waals surface area contributed by atoms with Gasteiger partial charge in [0, 0.05) is 22.5 Å². The normalized spacial score (nSPS) is 13.1. The number of hydrogen-bond acceptors (Lipinski definition) is 3. The number of carbonyl (C=O) groups is 1. The SMILES string of the molecule is CCCCCCc1ccc(N(c2ccc(CCCCCC)cc2)c2ccc(-c3ccc(C4=Nc5ccc(C(=O)O)cc5C4(C)C)cc3)cc2)cc1. The van der Waals surface area contributed by atoms with Crippen molar-refractivity contribution in [3.63, 3.8) is 0 Å². The van der Waals surface area contributed by atoms with E-state index in [1.165, 1.54) is 62.5 Å². The van der Waals surface area contributed by atoms with E-state index in [1.807, 2.05) is 6.07 Å². The molecule has 1 N–H and O–H groups in total. The van der Waals surface area contributed by atoms with E-state index in [1.54, 1.807) is 12.1 Å². The molecule has 5 aromatic rings. The number of aliphatic imine (C=N–C) groups is 1. The summed E-state index contributed by atoms with van der Waals surface area (Å²) in [6.07, 6.45) is 12.5. The Hall–Kier alpha value is -4.96. The van der Waals surface area contributed by atoms with Gasteiger partial charge in [0.1, 0.15) is 0 Å². The van der Waals surface area contributed by atoms with Gasteiger partial charge in [0.05, 0.1) is 17.0 Å². The summed E-state index contributed by atoms with van der Waals surface area (Å²) in [4.78, 5) is 18.9. The number of hydrogen-bond donors (Lipinski definition) is 1. The molecule has 0 saturated carbocycles. The van der Waals surface area contributed by atoms with Crippen LogP contribution in [-0.4, -0.2) is 16.8 Å². The summed E-state index contributed by atoms with van der Waals surface area (Å²) in [5, 5.41) is 9.53. The number of benzene rings is 5. The first kappa shape index (κ1) is 35.9. The number of unbranched alkanes of at least 4 members (excludes halogenated alkanes) is 6. The van der Waals surface area contributed by atoms with Gasteiger partial charge in [-0.05, 0) is 114 Å². The maximum atomic E-state index is 11.6. The van der Waals surface area contributed by atoms with Crippen LogP contribution < -0.4 is 4.90 Å². The molecule has 0 unspecified atom stereocenters. The Morgan fingerprint density at radius 1 is 0.588 bits per heavy atom. The predicted molar refractivity (Wildman–Crippen MR) is 215 cm³/mol. The van der Waals surface area contributed by atoms with Crippen LogP contribution in [0.25, 0.3) is 11.1 Å². The van der Waals surface area contributed by atoms with Gasteiger partial charge in [0.15, 0.2) is 0 Å². The maximum absolute atomic E-state index is 11.6. The lowest BCUT2D eigenvalue weighted by Crippen LogP contribution is -2.26. The van der Waals surface area contributed by atoms with Crippen LogP contribution >= 0.6 is 0 Å². The third-order valence-electron chi connectivity index (χ3n) is 10.4. The van der Waals surface area contributed by atoms with Crippen molar-refractivity contribution in [2.45, 2.75) is 97.3 Å². The summed E-state index contributed by atoms with van der Waals surface area (Å²) >= 11 is 0. The lowest BCUT2D eigenvalue weighted by molar-refractivity contribution is 0.0696. The van der Waals surface area contributed by atoms with Crippen molar-refractivity contribution in [2.24, 2.45) is 4.99 Å². The van der Waals surface area contributed by atoms with Gasteiger partial charge in [0.2, 0.25) is 0 Å². The molecule has 1 aliphatic heterocycles. The lowest BCUT2D eigenvalue weighted by Gasteiger charge is -2.26. The second-order valence-electron chi connectivity index (χ2n) is 14.5. The third-order valence-corrected chi connectivity index (χ3v) is 10.4. The van der Waals surface area contributed by atoms with Crippen LogP contribution in [0.2, 0.25) is 0 Å². The smallest absolute Gasteiger partial charge is 0.335 e. The van der Waals surface area contributed by atoms with E-state index in [9.17, 15) is 9.90 Å². The zero-order valence-electron chi connectivity index (χ0n) is 30.8. The molecule has 0 aromatic heterocycles. The second-order valence-corrected chi connectivity index (χ2v) is 14.5. The topological polar surface area (TPSA) is 52.9 Å². The minimum Gasteiger partial charge on any atom is -0.478 e. The Morgan fingerprint density at radius 3 is 1.51 bits per heavy atom. The van der Waals surface area contributed by atoms with E-state index in [-0.39, 0.29) is 0 Å². The highest BCUT2D eigenvalue weighted by Crippen LogP contribution is 2.43. The quantitative estimate of drug-likeness (QED) is 0.106. The Bertz CT molecular complexity index is 1880. The number of carboxylic acids is 1. The molecular weight excluding hydrogens is 625 g/mol. The van der Waals surface area contributed by atoms with E-state index in [0.29, 0.717) is 5.56 Å². The van der Waals surface area contributed by atoms with E-state index >= 15 is 0 Å². The largest absolute Gasteiger partial charge is 0.478 e. The van der Waals surface area contributed by atoms with Gasteiger partial charge >= 0.3 is 5.97 Å². The van der Waals surface area contributed by atoms with Gasteiger partial charge < -0.3 is 10.0 Å². The standard InChI is InChI=1S/C47H52N2O2/c1-5-7-9-11-13-34-15-26-40(27-16-34)49(41-28-17-35(18-29-41)14-12-10-8-6-2)42-30-23-37(24-31-42)36-19-21-38(22-20-36)45-47(3,4)43-33-39(46(50)51)25-32-44(43)48-45/h15-33H,5-14H2,1-4H3,(H,50,51). The molecule has 6 rings (SSSR count). The first-order chi connectivity index (χ1) is 24.8. The van der Waals surface area contributed by atoms with Gasteiger partial charge in [-0.1, -0.05) is 127 Å². The molecule has 0 radical (unpaired) electrons. The number of rotatable bonds is 16. The number of anilines is 3. The summed E-state index contributed by atoms with van der Waals surface area (Å²) in [5.41, 5.74) is 12.2. The zero-order chi connectivity index (χ0) is 35.8. The van der Waals surface area contributed by atoms with Crippen molar-refractivity contribution in [1.29, 1.82) is 0 Å². The zero-order valence-corrected chi connectivity index (χ0v) is 30.8. The molecule has 51 heavy (non-hydrogen) atoms. The van der Waals surface area contributed by atoms with Crippen LogP contribution in [0.3, 0.4) is 0 Å². The van der Waals surface area contributed by atoms with Crippen LogP contribution in [0.5, 0.6) is 0 Å². The van der Waals surface area contributed by atoms with E-state index in [2.05, 4.69) is 130 Å². The van der Waals surface area contributed by atoms with Gasteiger partial charge in [-0.15, -0.1) is 0 Å². The fraction of sp³-hybridized carbons (Fsp3) is 0.319. The monoisotopic (exact) mass is 676 g/mol. The summed E-state index contributed by atoms with van der Waals surface area (Å²) in [7, 11) is 0. The molecule has 0 atom stereocenters. The Labute approximate surface area is 304 Å². The highest BCUT2D eigenvalue weighted by molar-refractivity contribution is 6.12. The van der Waals surface area contributed by atoms with Crippen LogP contribution in [0.15, 0.2) is 120 Å². The number of aryl methyl sites for hydroxylation is 2. The molecule has 0 bridgehead atoms. The summed E-state index contributed by atoms with van der Waals surface area (Å²) in [5.74, 6) is -0.919. The average molecular weight is 677 g/mol. The Balaban J connectivity index is 1.23. The van der Waals surface area contributed by atoms with Gasteiger partial charge in [-0.3, -0.25) is 4.99 Å². The van der Waals surface area contributed by atoms with Crippen molar-refractivity contribution in [3.05, 3.63) is 143 Å². The molecule has 5 aromatic carbocycles. The van der Waals surface area contributed by atoms with Crippen LogP contribution in [-0.2, 0) is 18.3 Å². The molecule has 0 saturated heterocycles. The highest BCUT2D eigenvalue weighted by atomic mass is 16.4. The lowest BCUT2D eigenvalue weighted by atomic mass is 9.78. The fourth-order valence-electron chi connectivity index (χ4n) is 7.29. The number of carboxylic acid groups (broad SMARTS) is 1. The first-order valence-electron chi connectivity index (χ1n) is 18.9. The number of fused-ring (bicyclic) bond motifs is 1. The van der Waals surface area contributed by atoms with Gasteiger partial charge in [0.25, 0.3) is 0 Å². The summed E-state index contributed by atoms with van der Waals surface area (Å²) < 4.78 is 0. The minimum atomic E-state index is -0.919. The van der Waals surface area contributed by atoms with Crippen molar-refractivity contribution in [2.75, 3.05) is 4.90 Å². The molecule has 4 heteroatoms. The average Bonchev–Trinajstić information content (AvgIpc) is 3.43. The Morgan fingerprint density at radius 2 is 1.04 bits per heavy atom. The molecular formula is C47H52N2O2. The van der Waals surface area contributed by atoms with Crippen molar-refractivity contribution in [3.8, 4) is 11.1 Å². The van der Waals surface area contributed by atoms with E-state index < -0.39 is 11.4 Å². The van der Waals surface area contributed by atoms with Crippen LogP contribution in [0, 0.1) is 0 Å². The highest BCUT2D eigenvalue weighted by Gasteiger charge is 2.36. The summed E-state index contributed by atoms with van der Waals surface area (Å²) in [6, 6.07) is 40.9. The van der Waals surface area contributed by atoms with Gasteiger partial charge in [-0.25, -0.2) is 4.79 Å². The molecule has 1 aliphatic rings. The molecule has 0 amide bonds. The molecule has 4 nitrogen and oxygen atoms in total. The second kappa shape index (κ2) is 16.4. The summed E-state index contributed by atoms with van der Waals surface area (Å²) in [6.45, 7) is 8.76. The minimum absolute atomic E-state index is 0.292. The Kier molecular flexibility index (Phi) is 11.5. The van der Waals surface area contributed by atoms with Crippen molar-refractivity contribution >= 4 is 34.4 Å². The predicted octanol–water partition coefficient (Wildman–Crippen LogP) is 13.2. The maximum Gasteiger partial charge on any atom is 0.335 e. The number of aromatic carboxylic acids is 1. The van der Waals surface area contributed by atoms with E-state index in [0.717, 1.165) is 63.6 Å². The van der Waals surface area contributed by atoms with Crippen LogP contribution in [0.4, 0.5) is 22.7 Å². The first-order valence-corrected chi connectivity index (χ1v) is 18.9. The molecule has 0 fully saturated rings. The van der Waals surface area contributed by atoms with Crippen molar-refractivity contribution in [1.82, 2.24) is 0 Å². The van der Waals surface area contributed by atoms with Crippen LogP contribution in [0.1, 0.15) is 112 Å².